The van der Waals surface area contributed by atoms with Crippen LogP contribution in [0.25, 0.3) is 11.4 Å². The molecule has 7 heteroatoms. The van der Waals surface area contributed by atoms with Crippen LogP contribution in [0.2, 0.25) is 0 Å². The zero-order chi connectivity index (χ0) is 16.9. The van der Waals surface area contributed by atoms with Gasteiger partial charge in [-0.1, -0.05) is 24.3 Å². The molecule has 0 saturated heterocycles. The number of carbonyl (C=O) groups is 1. The molecule has 0 fully saturated rings. The molecule has 1 heterocycles. The summed E-state index contributed by atoms with van der Waals surface area (Å²) in [5.41, 5.74) is 2.18. The van der Waals surface area contributed by atoms with Crippen molar-refractivity contribution in [2.75, 3.05) is 14.2 Å². The maximum Gasteiger partial charge on any atom is 0.337 e. The maximum atomic E-state index is 11.6. The summed E-state index contributed by atoms with van der Waals surface area (Å²) in [6.07, 6.45) is 0. The molecular formula is C17H16N4O3. The molecule has 0 aliphatic rings. The van der Waals surface area contributed by atoms with E-state index in [2.05, 4.69) is 15.4 Å². The lowest BCUT2D eigenvalue weighted by Gasteiger charge is -2.02. The molecule has 0 unspecified atom stereocenters. The Balaban J connectivity index is 1.78. The molecule has 0 aliphatic heterocycles. The van der Waals surface area contributed by atoms with Crippen LogP contribution in [0.5, 0.6) is 5.75 Å². The van der Waals surface area contributed by atoms with Gasteiger partial charge < -0.3 is 9.47 Å². The lowest BCUT2D eigenvalue weighted by molar-refractivity contribution is 0.0601. The molecule has 0 N–H and O–H groups in total. The Morgan fingerprint density at radius 3 is 2.62 bits per heavy atom. The smallest absolute Gasteiger partial charge is 0.337 e. The first-order valence-corrected chi connectivity index (χ1v) is 7.29. The zero-order valence-electron chi connectivity index (χ0n) is 13.3. The molecule has 7 nitrogen and oxygen atoms in total. The summed E-state index contributed by atoms with van der Waals surface area (Å²) >= 11 is 0. The molecule has 0 bridgehead atoms. The van der Waals surface area contributed by atoms with Crippen LogP contribution in [0.4, 0.5) is 0 Å². The first-order valence-electron chi connectivity index (χ1n) is 7.29. The van der Waals surface area contributed by atoms with E-state index in [0.717, 1.165) is 11.3 Å². The molecule has 2 aromatic carbocycles. The van der Waals surface area contributed by atoms with E-state index in [0.29, 0.717) is 23.5 Å². The summed E-state index contributed by atoms with van der Waals surface area (Å²) in [4.78, 5) is 13.1. The average molecular weight is 324 g/mol. The first-order chi connectivity index (χ1) is 11.7. The van der Waals surface area contributed by atoms with Gasteiger partial charge >= 0.3 is 5.97 Å². The molecule has 0 saturated carbocycles. The molecule has 0 atom stereocenters. The second-order valence-electron chi connectivity index (χ2n) is 5.06. The second-order valence-corrected chi connectivity index (χ2v) is 5.06. The van der Waals surface area contributed by atoms with Gasteiger partial charge in [0.25, 0.3) is 0 Å². The van der Waals surface area contributed by atoms with Gasteiger partial charge in [-0.3, -0.25) is 0 Å². The zero-order valence-corrected chi connectivity index (χ0v) is 13.3. The molecule has 3 aromatic rings. The van der Waals surface area contributed by atoms with E-state index >= 15 is 0 Å². The predicted octanol–water partition coefficient (Wildman–Crippen LogP) is 2.18. The molecule has 1 aromatic heterocycles. The van der Waals surface area contributed by atoms with Gasteiger partial charge in [0, 0.05) is 5.56 Å². The highest BCUT2D eigenvalue weighted by Crippen LogP contribution is 2.17. The van der Waals surface area contributed by atoms with Crippen molar-refractivity contribution in [1.29, 1.82) is 0 Å². The van der Waals surface area contributed by atoms with Crippen molar-refractivity contribution in [2.45, 2.75) is 6.54 Å². The van der Waals surface area contributed by atoms with Crippen molar-refractivity contribution in [3.8, 4) is 17.1 Å². The van der Waals surface area contributed by atoms with Gasteiger partial charge in [0.15, 0.2) is 0 Å². The summed E-state index contributed by atoms with van der Waals surface area (Å²) in [7, 11) is 2.97. The number of nitrogens with zero attached hydrogens (tertiary/aromatic N) is 4. The molecular weight excluding hydrogens is 308 g/mol. The van der Waals surface area contributed by atoms with Gasteiger partial charge in [0.2, 0.25) is 5.82 Å². The second kappa shape index (κ2) is 6.91. The van der Waals surface area contributed by atoms with Gasteiger partial charge in [0.05, 0.1) is 26.3 Å². The SMILES string of the molecule is COC(=O)c1cccc(-c2nnn(Cc3ccc(OC)cc3)n2)c1. The van der Waals surface area contributed by atoms with E-state index in [4.69, 9.17) is 9.47 Å². The third-order valence-corrected chi connectivity index (χ3v) is 3.48. The highest BCUT2D eigenvalue weighted by molar-refractivity contribution is 5.90. The van der Waals surface area contributed by atoms with Crippen LogP contribution in [-0.2, 0) is 11.3 Å². The molecule has 0 spiro atoms. The Morgan fingerprint density at radius 2 is 1.92 bits per heavy atom. The Kier molecular flexibility index (Phi) is 4.51. The summed E-state index contributed by atoms with van der Waals surface area (Å²) in [6, 6.07) is 14.6. The third kappa shape index (κ3) is 3.40. The Labute approximate surface area is 138 Å². The number of carbonyl (C=O) groups excluding carboxylic acids is 1. The van der Waals surface area contributed by atoms with Crippen LogP contribution in [0.15, 0.2) is 48.5 Å². The molecule has 24 heavy (non-hydrogen) atoms. The van der Waals surface area contributed by atoms with Crippen LogP contribution in [0, 0.1) is 0 Å². The minimum atomic E-state index is -0.400. The largest absolute Gasteiger partial charge is 0.497 e. The average Bonchev–Trinajstić information content (AvgIpc) is 3.10. The number of hydrogen-bond donors (Lipinski definition) is 0. The number of hydrogen-bond acceptors (Lipinski definition) is 6. The monoisotopic (exact) mass is 324 g/mol. The fourth-order valence-corrected chi connectivity index (χ4v) is 2.22. The molecule has 0 radical (unpaired) electrons. The minimum absolute atomic E-state index is 0.400. The topological polar surface area (TPSA) is 79.1 Å². The van der Waals surface area contributed by atoms with Gasteiger partial charge in [-0.25, -0.2) is 4.79 Å². The van der Waals surface area contributed by atoms with Crippen molar-refractivity contribution in [1.82, 2.24) is 20.2 Å². The fourth-order valence-electron chi connectivity index (χ4n) is 2.22. The van der Waals surface area contributed by atoms with E-state index < -0.39 is 5.97 Å². The third-order valence-electron chi connectivity index (χ3n) is 3.48. The van der Waals surface area contributed by atoms with Crippen molar-refractivity contribution in [3.63, 3.8) is 0 Å². The van der Waals surface area contributed by atoms with E-state index in [1.165, 1.54) is 11.9 Å². The lowest BCUT2D eigenvalue weighted by Crippen LogP contribution is -2.04. The highest BCUT2D eigenvalue weighted by atomic mass is 16.5. The molecule has 122 valence electrons. The summed E-state index contributed by atoms with van der Waals surface area (Å²) in [6.45, 7) is 0.494. The highest BCUT2D eigenvalue weighted by Gasteiger charge is 2.10. The van der Waals surface area contributed by atoms with E-state index in [1.54, 1.807) is 25.3 Å². The van der Waals surface area contributed by atoms with Crippen LogP contribution in [-0.4, -0.2) is 40.4 Å². The van der Waals surface area contributed by atoms with Crippen molar-refractivity contribution in [2.24, 2.45) is 0 Å². The fraction of sp³-hybridized carbons (Fsp3) is 0.176. The number of esters is 1. The normalized spacial score (nSPS) is 10.4. The summed E-state index contributed by atoms with van der Waals surface area (Å²) < 4.78 is 9.85. The van der Waals surface area contributed by atoms with Crippen LogP contribution < -0.4 is 4.74 Å². The number of aromatic nitrogens is 4. The maximum absolute atomic E-state index is 11.6. The van der Waals surface area contributed by atoms with Crippen LogP contribution in [0.3, 0.4) is 0 Å². The summed E-state index contributed by atoms with van der Waals surface area (Å²) in [5.74, 6) is 0.849. The standard InChI is InChI=1S/C17H16N4O3/c1-23-15-8-6-12(7-9-15)11-21-19-16(18-20-21)13-4-3-5-14(10-13)17(22)24-2/h3-10H,11H2,1-2H3. The van der Waals surface area contributed by atoms with Crippen molar-refractivity contribution in [3.05, 3.63) is 59.7 Å². The summed E-state index contributed by atoms with van der Waals surface area (Å²) in [5, 5.41) is 12.5. The van der Waals surface area contributed by atoms with Crippen LogP contribution >= 0.6 is 0 Å². The Bertz CT molecular complexity index is 843. The van der Waals surface area contributed by atoms with Gasteiger partial charge in [-0.05, 0) is 35.0 Å². The number of benzene rings is 2. The van der Waals surface area contributed by atoms with Crippen molar-refractivity contribution >= 4 is 5.97 Å². The van der Waals surface area contributed by atoms with Crippen LogP contribution in [0.1, 0.15) is 15.9 Å². The van der Waals surface area contributed by atoms with E-state index in [9.17, 15) is 4.79 Å². The van der Waals surface area contributed by atoms with Gasteiger partial charge in [0.1, 0.15) is 5.75 Å². The Hall–Kier alpha value is -3.22. The molecule has 0 aliphatic carbocycles. The molecule has 3 rings (SSSR count). The Morgan fingerprint density at radius 1 is 1.12 bits per heavy atom. The first kappa shape index (κ1) is 15.7. The number of methoxy groups -OCH3 is 2. The number of tetrazole rings is 1. The van der Waals surface area contributed by atoms with Gasteiger partial charge in [-0.2, -0.15) is 4.80 Å². The van der Waals surface area contributed by atoms with E-state index in [1.807, 2.05) is 30.3 Å². The number of ether oxygens (including phenoxy) is 2. The molecule has 0 amide bonds. The van der Waals surface area contributed by atoms with Crippen molar-refractivity contribution < 1.29 is 14.3 Å². The van der Waals surface area contributed by atoms with Gasteiger partial charge in [-0.15, -0.1) is 10.2 Å². The number of rotatable bonds is 5. The van der Waals surface area contributed by atoms with E-state index in [-0.39, 0.29) is 0 Å². The minimum Gasteiger partial charge on any atom is -0.497 e. The predicted molar refractivity (Wildman–Crippen MR) is 86.7 cm³/mol. The quantitative estimate of drug-likeness (QED) is 0.669. The lowest BCUT2D eigenvalue weighted by atomic mass is 10.1.